The lowest BCUT2D eigenvalue weighted by Crippen LogP contribution is -2.46. The quantitative estimate of drug-likeness (QED) is 0.727. The minimum atomic E-state index is -1.25. The number of nitrogens with two attached hydrogens (primary N) is 1. The number of ether oxygens (including phenoxy) is 2. The molecular weight excluding hydrogens is 294 g/mol. The minimum absolute atomic E-state index is 0.0570. The van der Waals surface area contributed by atoms with Gasteiger partial charge in [-0.2, -0.15) is 0 Å². The molecule has 1 aromatic rings. The van der Waals surface area contributed by atoms with E-state index in [0.29, 0.717) is 19.6 Å². The summed E-state index contributed by atoms with van der Waals surface area (Å²) in [7, 11) is 0. The van der Waals surface area contributed by atoms with Crippen molar-refractivity contribution in [3.05, 3.63) is 23.8 Å². The van der Waals surface area contributed by atoms with Crippen LogP contribution in [0.4, 0.5) is 0 Å². The molecule has 23 heavy (non-hydrogen) atoms. The van der Waals surface area contributed by atoms with Crippen LogP contribution in [0.3, 0.4) is 0 Å². The van der Waals surface area contributed by atoms with Gasteiger partial charge in [0.2, 0.25) is 0 Å². The molecule has 3 unspecified atom stereocenters. The molecule has 0 radical (unpaired) electrons. The van der Waals surface area contributed by atoms with Crippen molar-refractivity contribution in [2.24, 2.45) is 11.7 Å². The molecular formula is C18H29NO4. The van der Waals surface area contributed by atoms with Crippen LogP contribution in [0.5, 0.6) is 11.5 Å². The SMILES string of the molecule is CCOc1cccc(OCC)c1C(C)C(C)CC(C)(N)C(=O)O. The lowest BCUT2D eigenvalue weighted by atomic mass is 9.80. The Bertz CT molecular complexity index is 504. The van der Waals surface area contributed by atoms with Crippen LogP contribution < -0.4 is 15.2 Å². The van der Waals surface area contributed by atoms with Crippen LogP contribution in [0.2, 0.25) is 0 Å². The molecule has 0 saturated carbocycles. The minimum Gasteiger partial charge on any atom is -0.493 e. The molecule has 0 amide bonds. The Labute approximate surface area is 138 Å². The molecule has 5 nitrogen and oxygen atoms in total. The van der Waals surface area contributed by atoms with Gasteiger partial charge in [0.05, 0.1) is 13.2 Å². The van der Waals surface area contributed by atoms with Crippen molar-refractivity contribution in [2.45, 2.75) is 52.5 Å². The fourth-order valence-corrected chi connectivity index (χ4v) is 2.75. The summed E-state index contributed by atoms with van der Waals surface area (Å²) in [6.07, 6.45) is 0.371. The molecule has 3 atom stereocenters. The molecule has 0 aliphatic heterocycles. The highest BCUT2D eigenvalue weighted by atomic mass is 16.5. The van der Waals surface area contributed by atoms with Crippen molar-refractivity contribution >= 4 is 5.97 Å². The van der Waals surface area contributed by atoms with Gasteiger partial charge in [0.25, 0.3) is 0 Å². The maximum absolute atomic E-state index is 11.3. The van der Waals surface area contributed by atoms with E-state index in [1.165, 1.54) is 0 Å². The van der Waals surface area contributed by atoms with Crippen LogP contribution in [-0.4, -0.2) is 29.8 Å². The van der Waals surface area contributed by atoms with Gasteiger partial charge in [-0.25, -0.2) is 0 Å². The number of hydrogen-bond donors (Lipinski definition) is 2. The van der Waals surface area contributed by atoms with Crippen LogP contribution in [0.25, 0.3) is 0 Å². The van der Waals surface area contributed by atoms with Crippen molar-refractivity contribution in [3.63, 3.8) is 0 Å². The lowest BCUT2D eigenvalue weighted by Gasteiger charge is -2.29. The topological polar surface area (TPSA) is 81.8 Å². The first-order valence-corrected chi connectivity index (χ1v) is 8.15. The van der Waals surface area contributed by atoms with Gasteiger partial charge >= 0.3 is 5.97 Å². The Morgan fingerprint density at radius 2 is 1.70 bits per heavy atom. The number of carboxylic acid groups (broad SMARTS) is 1. The first-order chi connectivity index (χ1) is 10.7. The van der Waals surface area contributed by atoms with E-state index in [2.05, 4.69) is 6.92 Å². The van der Waals surface area contributed by atoms with E-state index >= 15 is 0 Å². The van der Waals surface area contributed by atoms with E-state index in [4.69, 9.17) is 15.2 Å². The normalized spacial score (nSPS) is 16.3. The zero-order chi connectivity index (χ0) is 17.6. The summed E-state index contributed by atoms with van der Waals surface area (Å²) in [5.41, 5.74) is 5.63. The first kappa shape index (κ1) is 19.3. The lowest BCUT2D eigenvalue weighted by molar-refractivity contribution is -0.143. The molecule has 0 aromatic heterocycles. The summed E-state index contributed by atoms with van der Waals surface area (Å²) >= 11 is 0. The van der Waals surface area contributed by atoms with E-state index in [9.17, 15) is 9.90 Å². The molecule has 1 rings (SSSR count). The van der Waals surface area contributed by atoms with Crippen LogP contribution in [0.15, 0.2) is 18.2 Å². The Kier molecular flexibility index (Phi) is 6.88. The van der Waals surface area contributed by atoms with Crippen LogP contribution >= 0.6 is 0 Å². The smallest absolute Gasteiger partial charge is 0.323 e. The van der Waals surface area contributed by atoms with Gasteiger partial charge in [0, 0.05) is 5.56 Å². The zero-order valence-electron chi connectivity index (χ0n) is 14.8. The molecule has 0 bridgehead atoms. The molecule has 0 fully saturated rings. The van der Waals surface area contributed by atoms with Gasteiger partial charge in [-0.05, 0) is 51.2 Å². The van der Waals surface area contributed by atoms with Crippen LogP contribution in [0, 0.1) is 5.92 Å². The van der Waals surface area contributed by atoms with Crippen molar-refractivity contribution < 1.29 is 19.4 Å². The van der Waals surface area contributed by atoms with Crippen LogP contribution in [-0.2, 0) is 4.79 Å². The Balaban J connectivity index is 3.13. The van der Waals surface area contributed by atoms with Gasteiger partial charge in [0.1, 0.15) is 17.0 Å². The van der Waals surface area contributed by atoms with Crippen LogP contribution in [0.1, 0.15) is 52.5 Å². The van der Waals surface area contributed by atoms with Crippen molar-refractivity contribution in [1.29, 1.82) is 0 Å². The number of carbonyl (C=O) groups is 1. The Hall–Kier alpha value is -1.75. The third-order valence-corrected chi connectivity index (χ3v) is 4.17. The molecule has 0 aliphatic rings. The number of benzene rings is 1. The standard InChI is InChI=1S/C18H29NO4/c1-6-22-14-9-8-10-15(23-7-2)16(14)13(4)12(3)11-18(5,19)17(20)21/h8-10,12-13H,6-7,11,19H2,1-5H3,(H,20,21). The van der Waals surface area contributed by atoms with Gasteiger partial charge in [-0.1, -0.05) is 19.9 Å². The first-order valence-electron chi connectivity index (χ1n) is 8.15. The second kappa shape index (κ2) is 8.20. The Morgan fingerprint density at radius 3 is 2.09 bits per heavy atom. The molecule has 0 spiro atoms. The predicted octanol–water partition coefficient (Wildman–Crippen LogP) is 3.42. The van der Waals surface area contributed by atoms with E-state index in [-0.39, 0.29) is 11.8 Å². The van der Waals surface area contributed by atoms with E-state index in [1.54, 1.807) is 6.92 Å². The van der Waals surface area contributed by atoms with Gasteiger partial charge < -0.3 is 20.3 Å². The largest absolute Gasteiger partial charge is 0.493 e. The fraction of sp³-hybridized carbons (Fsp3) is 0.611. The van der Waals surface area contributed by atoms with E-state index in [1.807, 2.05) is 39.0 Å². The van der Waals surface area contributed by atoms with Gasteiger partial charge in [0.15, 0.2) is 0 Å². The average Bonchev–Trinajstić information content (AvgIpc) is 2.47. The summed E-state index contributed by atoms with van der Waals surface area (Å²) in [6, 6.07) is 5.74. The molecule has 0 aliphatic carbocycles. The number of rotatable bonds is 9. The highest BCUT2D eigenvalue weighted by Crippen LogP contribution is 2.40. The highest BCUT2D eigenvalue weighted by molar-refractivity contribution is 5.77. The molecule has 5 heteroatoms. The molecule has 1 aromatic carbocycles. The Morgan fingerprint density at radius 1 is 1.22 bits per heavy atom. The maximum Gasteiger partial charge on any atom is 0.323 e. The third-order valence-electron chi connectivity index (χ3n) is 4.17. The highest BCUT2D eigenvalue weighted by Gasteiger charge is 2.33. The van der Waals surface area contributed by atoms with E-state index in [0.717, 1.165) is 17.1 Å². The summed E-state index contributed by atoms with van der Waals surface area (Å²) in [4.78, 5) is 11.3. The number of carboxylic acids is 1. The predicted molar refractivity (Wildman–Crippen MR) is 91.2 cm³/mol. The molecule has 130 valence electrons. The number of aliphatic carboxylic acids is 1. The maximum atomic E-state index is 11.3. The fourth-order valence-electron chi connectivity index (χ4n) is 2.75. The molecule has 0 heterocycles. The summed E-state index contributed by atoms with van der Waals surface area (Å²) in [5.74, 6) is 0.696. The third kappa shape index (κ3) is 4.86. The zero-order valence-corrected chi connectivity index (χ0v) is 14.8. The van der Waals surface area contributed by atoms with Gasteiger partial charge in [-0.3, -0.25) is 4.79 Å². The monoisotopic (exact) mass is 323 g/mol. The van der Waals surface area contributed by atoms with Crippen molar-refractivity contribution in [1.82, 2.24) is 0 Å². The molecule has 3 N–H and O–H groups in total. The second-order valence-electron chi connectivity index (χ2n) is 6.23. The second-order valence-corrected chi connectivity index (χ2v) is 6.23. The number of hydrogen-bond acceptors (Lipinski definition) is 4. The van der Waals surface area contributed by atoms with E-state index < -0.39 is 11.5 Å². The summed E-state index contributed by atoms with van der Waals surface area (Å²) in [6.45, 7) is 10.6. The summed E-state index contributed by atoms with van der Waals surface area (Å²) in [5, 5.41) is 9.25. The average molecular weight is 323 g/mol. The van der Waals surface area contributed by atoms with Crippen molar-refractivity contribution in [2.75, 3.05) is 13.2 Å². The van der Waals surface area contributed by atoms with Crippen molar-refractivity contribution in [3.8, 4) is 11.5 Å². The molecule has 0 saturated heterocycles. The summed E-state index contributed by atoms with van der Waals surface area (Å²) < 4.78 is 11.5. The van der Waals surface area contributed by atoms with Gasteiger partial charge in [-0.15, -0.1) is 0 Å².